The Labute approximate surface area is 101 Å². The summed E-state index contributed by atoms with van der Waals surface area (Å²) in [6.07, 6.45) is 15.9. The van der Waals surface area contributed by atoms with Crippen LogP contribution in [0.4, 0.5) is 0 Å². The fourth-order valence-electron chi connectivity index (χ4n) is 3.18. The molecule has 0 atom stereocenters. The molecule has 0 aromatic carbocycles. The van der Waals surface area contributed by atoms with Crippen LogP contribution in [-0.2, 0) is 0 Å². The largest absolute Gasteiger partial charge is 0.311 e. The van der Waals surface area contributed by atoms with Crippen LogP contribution in [0.5, 0.6) is 0 Å². The quantitative estimate of drug-likeness (QED) is 0.674. The first-order valence-corrected chi connectivity index (χ1v) is 6.18. The molecule has 0 radical (unpaired) electrons. The van der Waals surface area contributed by atoms with Gasteiger partial charge in [0.05, 0.1) is 5.41 Å². The van der Waals surface area contributed by atoms with E-state index in [0.717, 1.165) is 31.3 Å². The van der Waals surface area contributed by atoms with E-state index in [4.69, 9.17) is 10.8 Å². The maximum Gasteiger partial charge on any atom is 0.0897 e. The van der Waals surface area contributed by atoms with Crippen molar-refractivity contribution in [3.8, 4) is 0 Å². The monoisotopic (exact) mass is 224 g/mol. The molecule has 0 unspecified atom stereocenters. The Morgan fingerprint density at radius 1 is 1.06 bits per heavy atom. The predicted octanol–water partition coefficient (Wildman–Crippen LogP) is 3.58. The molecule has 3 rings (SSSR count). The summed E-state index contributed by atoms with van der Waals surface area (Å²) in [7, 11) is 0. The lowest BCUT2D eigenvalue weighted by Gasteiger charge is -2.25. The zero-order valence-electron chi connectivity index (χ0n) is 9.79. The zero-order chi connectivity index (χ0) is 11.9. The van der Waals surface area contributed by atoms with Gasteiger partial charge in [0.25, 0.3) is 0 Å². The van der Waals surface area contributed by atoms with E-state index in [-0.39, 0.29) is 0 Å². The van der Waals surface area contributed by atoms with Gasteiger partial charge in [0.2, 0.25) is 0 Å². The molecule has 2 heteroatoms. The Kier molecular flexibility index (Phi) is 2.25. The van der Waals surface area contributed by atoms with Crippen LogP contribution in [0, 0.1) is 16.2 Å². The van der Waals surface area contributed by atoms with Gasteiger partial charge in [-0.3, -0.25) is 0 Å². The Morgan fingerprint density at radius 2 is 1.82 bits per heavy atom. The smallest absolute Gasteiger partial charge is 0.0897 e. The third kappa shape index (κ3) is 1.21. The van der Waals surface area contributed by atoms with Crippen molar-refractivity contribution in [3.05, 3.63) is 46.6 Å². The third-order valence-corrected chi connectivity index (χ3v) is 4.00. The van der Waals surface area contributed by atoms with Crippen molar-refractivity contribution in [2.75, 3.05) is 0 Å². The van der Waals surface area contributed by atoms with Gasteiger partial charge in [-0.25, -0.2) is 0 Å². The molecule has 2 N–H and O–H groups in total. The lowest BCUT2D eigenvalue weighted by atomic mass is 9.77. The summed E-state index contributed by atoms with van der Waals surface area (Å²) in [4.78, 5) is 0. The molecule has 0 saturated heterocycles. The Morgan fingerprint density at radius 3 is 2.59 bits per heavy atom. The van der Waals surface area contributed by atoms with E-state index in [1.54, 1.807) is 0 Å². The van der Waals surface area contributed by atoms with Crippen LogP contribution < -0.4 is 0 Å². The zero-order valence-corrected chi connectivity index (χ0v) is 9.79. The van der Waals surface area contributed by atoms with Gasteiger partial charge in [0.15, 0.2) is 0 Å². The first kappa shape index (κ1) is 10.5. The van der Waals surface area contributed by atoms with Crippen LogP contribution in [0.3, 0.4) is 0 Å². The second kappa shape index (κ2) is 3.66. The summed E-state index contributed by atoms with van der Waals surface area (Å²) in [5, 5.41) is 15.6. The fraction of sp³-hybridized carbons (Fsp3) is 0.333. The number of hydrogen-bond donors (Lipinski definition) is 2. The van der Waals surface area contributed by atoms with Crippen molar-refractivity contribution in [3.63, 3.8) is 0 Å². The van der Waals surface area contributed by atoms with Crippen molar-refractivity contribution in [2.45, 2.75) is 25.7 Å². The van der Waals surface area contributed by atoms with E-state index in [0.29, 0.717) is 0 Å². The number of rotatable bonds is 2. The third-order valence-electron chi connectivity index (χ3n) is 4.00. The van der Waals surface area contributed by atoms with Crippen molar-refractivity contribution >= 4 is 12.4 Å². The van der Waals surface area contributed by atoms with E-state index in [1.165, 1.54) is 29.1 Å². The maximum atomic E-state index is 7.78. The summed E-state index contributed by atoms with van der Waals surface area (Å²) in [6, 6.07) is 0. The molecule has 3 aliphatic carbocycles. The molecule has 0 aromatic heterocycles. The number of hydrogen-bond acceptors (Lipinski definition) is 2. The summed E-state index contributed by atoms with van der Waals surface area (Å²) < 4.78 is 0. The fourth-order valence-corrected chi connectivity index (χ4v) is 3.18. The highest BCUT2D eigenvalue weighted by Crippen LogP contribution is 2.52. The van der Waals surface area contributed by atoms with Crippen molar-refractivity contribution in [1.29, 1.82) is 10.8 Å². The predicted molar refractivity (Wildman–Crippen MR) is 70.8 cm³/mol. The molecule has 0 spiro atoms. The summed E-state index contributed by atoms with van der Waals surface area (Å²) in [5.41, 5.74) is 4.44. The molecule has 3 aliphatic rings. The molecular weight excluding hydrogens is 208 g/mol. The molecular formula is C15H16N2. The molecule has 0 fully saturated rings. The average molecular weight is 224 g/mol. The highest BCUT2D eigenvalue weighted by molar-refractivity contribution is 6.01. The molecule has 17 heavy (non-hydrogen) atoms. The molecule has 0 heterocycles. The van der Waals surface area contributed by atoms with Gasteiger partial charge in [0, 0.05) is 12.4 Å². The highest BCUT2D eigenvalue weighted by Gasteiger charge is 2.44. The highest BCUT2D eigenvalue weighted by atomic mass is 14.6. The number of fused-ring (bicyclic) bond motifs is 2. The average Bonchev–Trinajstić information content (AvgIpc) is 2.70. The normalized spacial score (nSPS) is 30.4. The summed E-state index contributed by atoms with van der Waals surface area (Å²) in [5.74, 6) is 0. The van der Waals surface area contributed by atoms with E-state index < -0.39 is 5.41 Å². The maximum absolute atomic E-state index is 7.78. The van der Waals surface area contributed by atoms with Gasteiger partial charge in [-0.1, -0.05) is 24.3 Å². The van der Waals surface area contributed by atoms with Gasteiger partial charge in [-0.15, -0.1) is 0 Å². The van der Waals surface area contributed by atoms with Crippen LogP contribution in [0.15, 0.2) is 46.6 Å². The van der Waals surface area contributed by atoms with Crippen molar-refractivity contribution < 1.29 is 0 Å². The minimum atomic E-state index is -0.571. The van der Waals surface area contributed by atoms with Crippen molar-refractivity contribution in [1.82, 2.24) is 0 Å². The Hall–Kier alpha value is -1.70. The molecule has 0 aromatic rings. The summed E-state index contributed by atoms with van der Waals surface area (Å²) >= 11 is 0. The lowest BCUT2D eigenvalue weighted by molar-refractivity contribution is 0.857. The molecule has 86 valence electrons. The molecule has 0 bridgehead atoms. The summed E-state index contributed by atoms with van der Waals surface area (Å²) in [6.45, 7) is 0. The van der Waals surface area contributed by atoms with Crippen LogP contribution >= 0.6 is 0 Å². The molecule has 2 nitrogen and oxygen atoms in total. The molecule has 0 amide bonds. The first-order valence-electron chi connectivity index (χ1n) is 6.18. The second-order valence-corrected chi connectivity index (χ2v) is 4.80. The molecule has 0 aliphatic heterocycles. The van der Waals surface area contributed by atoms with Gasteiger partial charge in [-0.2, -0.15) is 0 Å². The molecule has 0 saturated carbocycles. The topological polar surface area (TPSA) is 47.7 Å². The van der Waals surface area contributed by atoms with Gasteiger partial charge in [0.1, 0.15) is 0 Å². The lowest BCUT2D eigenvalue weighted by Crippen LogP contribution is -2.26. The van der Waals surface area contributed by atoms with Gasteiger partial charge < -0.3 is 10.8 Å². The van der Waals surface area contributed by atoms with Crippen LogP contribution in [-0.4, -0.2) is 12.4 Å². The van der Waals surface area contributed by atoms with E-state index in [2.05, 4.69) is 24.3 Å². The minimum absolute atomic E-state index is 0.571. The van der Waals surface area contributed by atoms with E-state index >= 15 is 0 Å². The standard InChI is InChI=1S/C15H16N2/c16-9-15(10-17)13-7-3-1-5-11(13)12-6-2-4-8-14(12)15/h3,6-10,16-17H,1-2,4-5H2. The first-order chi connectivity index (χ1) is 8.33. The van der Waals surface area contributed by atoms with Crippen LogP contribution in [0.1, 0.15) is 25.7 Å². The minimum Gasteiger partial charge on any atom is -0.311 e. The second-order valence-electron chi connectivity index (χ2n) is 4.80. The van der Waals surface area contributed by atoms with Gasteiger partial charge in [-0.05, 0) is 48.0 Å². The number of allylic oxidation sites excluding steroid dienone is 8. The van der Waals surface area contributed by atoms with Gasteiger partial charge >= 0.3 is 0 Å². The van der Waals surface area contributed by atoms with Crippen LogP contribution in [0.25, 0.3) is 0 Å². The number of nitrogens with one attached hydrogen (secondary N) is 2. The Bertz CT molecular complexity index is 507. The van der Waals surface area contributed by atoms with E-state index in [9.17, 15) is 0 Å². The van der Waals surface area contributed by atoms with Crippen molar-refractivity contribution in [2.24, 2.45) is 5.41 Å². The SMILES string of the molecule is N=CC1(C=N)C2=CCCC=C2C2=C1C=CCC2. The van der Waals surface area contributed by atoms with E-state index in [1.807, 2.05) is 0 Å². The Balaban J connectivity index is 2.28. The van der Waals surface area contributed by atoms with Crippen LogP contribution in [0.2, 0.25) is 0 Å².